The molecule has 1 saturated heterocycles. The molecule has 1 fully saturated rings. The average Bonchev–Trinajstić information content (AvgIpc) is 2.40. The van der Waals surface area contributed by atoms with Crippen molar-refractivity contribution in [3.8, 4) is 0 Å². The number of hydrogen-bond acceptors (Lipinski definition) is 5. The highest BCUT2D eigenvalue weighted by Crippen LogP contribution is 2.19. The third-order valence-corrected chi connectivity index (χ3v) is 3.01. The topological polar surface area (TPSA) is 84.0 Å². The van der Waals surface area contributed by atoms with Crippen LogP contribution < -0.4 is 10.6 Å². The van der Waals surface area contributed by atoms with Gasteiger partial charge in [-0.05, 0) is 26.0 Å². The summed E-state index contributed by atoms with van der Waals surface area (Å²) in [5.41, 5.74) is 6.02. The molecule has 2 heterocycles. The summed E-state index contributed by atoms with van der Waals surface area (Å²) < 4.78 is 5.58. The molecule has 0 spiro atoms. The first kappa shape index (κ1) is 12.6. The minimum Gasteiger partial charge on any atom is -0.409 e. The number of ether oxygens (including phenoxy) is 1. The van der Waals surface area contributed by atoms with Crippen LogP contribution in [0.25, 0.3) is 0 Å². The Morgan fingerprint density at radius 2 is 2.33 bits per heavy atom. The highest BCUT2D eigenvalue weighted by molar-refractivity contribution is 5.95. The average molecular weight is 250 g/mol. The molecule has 6 nitrogen and oxygen atoms in total. The molecule has 0 radical (unpaired) electrons. The summed E-state index contributed by atoms with van der Waals surface area (Å²) in [6.45, 7) is 5.58. The fourth-order valence-corrected chi connectivity index (χ4v) is 2.00. The second-order valence-corrected chi connectivity index (χ2v) is 4.51. The van der Waals surface area contributed by atoms with Crippen molar-refractivity contribution in [1.29, 1.82) is 0 Å². The van der Waals surface area contributed by atoms with Crippen molar-refractivity contribution in [3.05, 3.63) is 23.9 Å². The number of amidine groups is 1. The molecule has 18 heavy (non-hydrogen) atoms. The van der Waals surface area contributed by atoms with Crippen LogP contribution >= 0.6 is 0 Å². The monoisotopic (exact) mass is 250 g/mol. The van der Waals surface area contributed by atoms with Gasteiger partial charge in [-0.1, -0.05) is 11.2 Å². The fraction of sp³-hybridized carbons (Fsp3) is 0.500. The van der Waals surface area contributed by atoms with E-state index in [2.05, 4.69) is 22.0 Å². The van der Waals surface area contributed by atoms with Crippen LogP contribution in [0.15, 0.2) is 23.4 Å². The standard InChI is InChI=1S/C12H18N4O2/c1-8-7-18-9(2)6-16(8)11-5-3-4-10(14-11)12(13)15-17/h3-5,8-9,17H,6-7H2,1-2H3,(H2,13,15). The molecule has 1 aliphatic rings. The van der Waals surface area contributed by atoms with Crippen LogP contribution in [0.3, 0.4) is 0 Å². The van der Waals surface area contributed by atoms with Crippen LogP contribution in [-0.2, 0) is 4.74 Å². The zero-order valence-electron chi connectivity index (χ0n) is 10.6. The summed E-state index contributed by atoms with van der Waals surface area (Å²) >= 11 is 0. The van der Waals surface area contributed by atoms with Gasteiger partial charge in [0.1, 0.15) is 11.5 Å². The van der Waals surface area contributed by atoms with Gasteiger partial charge in [-0.2, -0.15) is 0 Å². The van der Waals surface area contributed by atoms with Crippen LogP contribution in [0.4, 0.5) is 5.82 Å². The molecule has 0 amide bonds. The van der Waals surface area contributed by atoms with Gasteiger partial charge in [-0.15, -0.1) is 0 Å². The Kier molecular flexibility index (Phi) is 3.66. The van der Waals surface area contributed by atoms with Crippen LogP contribution in [0.1, 0.15) is 19.5 Å². The molecule has 98 valence electrons. The van der Waals surface area contributed by atoms with Crippen molar-refractivity contribution in [3.63, 3.8) is 0 Å². The lowest BCUT2D eigenvalue weighted by Gasteiger charge is -2.37. The summed E-state index contributed by atoms with van der Waals surface area (Å²) in [4.78, 5) is 6.58. The zero-order chi connectivity index (χ0) is 13.1. The second kappa shape index (κ2) is 5.22. The maximum atomic E-state index is 8.67. The SMILES string of the molecule is CC1CN(c2cccc(C(N)=NO)n2)C(C)CO1. The van der Waals surface area contributed by atoms with E-state index in [-0.39, 0.29) is 18.0 Å². The van der Waals surface area contributed by atoms with Gasteiger partial charge in [0, 0.05) is 6.54 Å². The van der Waals surface area contributed by atoms with E-state index in [9.17, 15) is 0 Å². The molecule has 1 aliphatic heterocycles. The lowest BCUT2D eigenvalue weighted by Crippen LogP contribution is -2.47. The number of aromatic nitrogens is 1. The molecule has 1 aromatic rings. The third-order valence-electron chi connectivity index (χ3n) is 3.01. The Balaban J connectivity index is 2.27. The van der Waals surface area contributed by atoms with Crippen molar-refractivity contribution < 1.29 is 9.94 Å². The Hall–Kier alpha value is -1.82. The van der Waals surface area contributed by atoms with E-state index in [0.717, 1.165) is 12.4 Å². The number of rotatable bonds is 2. The molecule has 2 unspecified atom stereocenters. The molecule has 6 heteroatoms. The first-order valence-corrected chi connectivity index (χ1v) is 5.95. The molecular weight excluding hydrogens is 232 g/mol. The van der Waals surface area contributed by atoms with Gasteiger partial charge >= 0.3 is 0 Å². The third kappa shape index (κ3) is 2.53. The molecular formula is C12H18N4O2. The minimum absolute atomic E-state index is 0.0193. The van der Waals surface area contributed by atoms with Crippen molar-refractivity contribution in [2.45, 2.75) is 26.0 Å². The van der Waals surface area contributed by atoms with Crippen molar-refractivity contribution in [1.82, 2.24) is 4.98 Å². The molecule has 2 rings (SSSR count). The molecule has 0 aromatic carbocycles. The summed E-state index contributed by atoms with van der Waals surface area (Å²) in [5.74, 6) is 0.840. The number of anilines is 1. The molecule has 0 saturated carbocycles. The second-order valence-electron chi connectivity index (χ2n) is 4.51. The quantitative estimate of drug-likeness (QED) is 0.351. The van der Waals surface area contributed by atoms with Gasteiger partial charge in [0.05, 0.1) is 18.8 Å². The Morgan fingerprint density at radius 1 is 1.56 bits per heavy atom. The fourth-order valence-electron chi connectivity index (χ4n) is 2.00. The van der Waals surface area contributed by atoms with E-state index in [4.69, 9.17) is 15.7 Å². The zero-order valence-corrected chi connectivity index (χ0v) is 10.6. The number of morpholine rings is 1. The molecule has 3 N–H and O–H groups in total. The molecule has 0 bridgehead atoms. The first-order chi connectivity index (χ1) is 8.61. The van der Waals surface area contributed by atoms with Crippen LogP contribution in [0.2, 0.25) is 0 Å². The molecule has 0 aliphatic carbocycles. The molecule has 1 aromatic heterocycles. The van der Waals surface area contributed by atoms with Crippen molar-refractivity contribution >= 4 is 11.7 Å². The number of hydrogen-bond donors (Lipinski definition) is 2. The van der Waals surface area contributed by atoms with Crippen LogP contribution in [-0.4, -0.2) is 41.3 Å². The minimum atomic E-state index is 0.0193. The Morgan fingerprint density at radius 3 is 3.06 bits per heavy atom. The van der Waals surface area contributed by atoms with Gasteiger partial charge in [0.25, 0.3) is 0 Å². The smallest absolute Gasteiger partial charge is 0.188 e. The van der Waals surface area contributed by atoms with Crippen LogP contribution in [0.5, 0.6) is 0 Å². The summed E-state index contributed by atoms with van der Waals surface area (Å²) in [5, 5.41) is 11.6. The largest absolute Gasteiger partial charge is 0.409 e. The van der Waals surface area contributed by atoms with Gasteiger partial charge < -0.3 is 20.6 Å². The van der Waals surface area contributed by atoms with E-state index in [1.807, 2.05) is 19.1 Å². The number of pyridine rings is 1. The highest BCUT2D eigenvalue weighted by Gasteiger charge is 2.24. The van der Waals surface area contributed by atoms with E-state index < -0.39 is 0 Å². The van der Waals surface area contributed by atoms with Crippen LogP contribution in [0, 0.1) is 0 Å². The predicted molar refractivity (Wildman–Crippen MR) is 69.0 cm³/mol. The summed E-state index contributed by atoms with van der Waals surface area (Å²) in [7, 11) is 0. The summed E-state index contributed by atoms with van der Waals surface area (Å²) in [6, 6.07) is 5.74. The maximum absolute atomic E-state index is 8.67. The Labute approximate surface area is 106 Å². The summed E-state index contributed by atoms with van der Waals surface area (Å²) in [6.07, 6.45) is 0.176. The first-order valence-electron chi connectivity index (χ1n) is 5.95. The molecule has 2 atom stereocenters. The maximum Gasteiger partial charge on any atom is 0.188 e. The number of oxime groups is 1. The van der Waals surface area contributed by atoms with Crippen molar-refractivity contribution in [2.75, 3.05) is 18.1 Å². The number of nitrogens with zero attached hydrogens (tertiary/aromatic N) is 3. The normalized spacial score (nSPS) is 25.2. The predicted octanol–water partition coefficient (Wildman–Crippen LogP) is 0.790. The Bertz CT molecular complexity index is 449. The van der Waals surface area contributed by atoms with Gasteiger partial charge in [0.2, 0.25) is 0 Å². The van der Waals surface area contributed by atoms with E-state index in [1.54, 1.807) is 6.07 Å². The van der Waals surface area contributed by atoms with E-state index in [1.165, 1.54) is 0 Å². The van der Waals surface area contributed by atoms with Crippen molar-refractivity contribution in [2.24, 2.45) is 10.9 Å². The van der Waals surface area contributed by atoms with Gasteiger partial charge in [0.15, 0.2) is 5.84 Å². The van der Waals surface area contributed by atoms with E-state index >= 15 is 0 Å². The lowest BCUT2D eigenvalue weighted by molar-refractivity contribution is 0.0340. The number of nitrogens with two attached hydrogens (primary N) is 1. The van der Waals surface area contributed by atoms with Gasteiger partial charge in [-0.25, -0.2) is 4.98 Å². The highest BCUT2D eigenvalue weighted by atomic mass is 16.5. The van der Waals surface area contributed by atoms with E-state index in [0.29, 0.717) is 12.3 Å². The van der Waals surface area contributed by atoms with Gasteiger partial charge in [-0.3, -0.25) is 0 Å². The lowest BCUT2D eigenvalue weighted by atomic mass is 10.2.